The second kappa shape index (κ2) is 3.82. The molecule has 0 saturated heterocycles. The van der Waals surface area contributed by atoms with Gasteiger partial charge in [0.25, 0.3) is 0 Å². The normalized spacial score (nSPS) is 17.3. The van der Waals surface area contributed by atoms with Crippen molar-refractivity contribution in [1.29, 1.82) is 0 Å². The molecule has 0 unspecified atom stereocenters. The summed E-state index contributed by atoms with van der Waals surface area (Å²) in [6.45, 7) is 0. The first kappa shape index (κ1) is 12.6. The molecule has 1 heterocycles. The van der Waals surface area contributed by atoms with Crippen LogP contribution in [-0.2, 0) is 16.5 Å². The van der Waals surface area contributed by atoms with E-state index in [4.69, 9.17) is 10.5 Å². The molecule has 1 aromatic heterocycles. The van der Waals surface area contributed by atoms with E-state index in [1.54, 1.807) is 0 Å². The zero-order chi connectivity index (χ0) is 13.6. The van der Waals surface area contributed by atoms with Crippen LogP contribution in [0.15, 0.2) is 12.3 Å². The van der Waals surface area contributed by atoms with Crippen LogP contribution in [0.1, 0.15) is 24.1 Å². The molecular weight excluding hydrogens is 256 g/mol. The largest absolute Gasteiger partial charge is 0.437 e. The smallest absolute Gasteiger partial charge is 0.419 e. The number of nitrogens with two attached hydrogens (primary N) is 1. The molecule has 1 aliphatic rings. The van der Waals surface area contributed by atoms with Gasteiger partial charge in [0, 0.05) is 0 Å². The van der Waals surface area contributed by atoms with Crippen molar-refractivity contribution >= 4 is 6.09 Å². The number of amides is 1. The van der Waals surface area contributed by atoms with Crippen LogP contribution < -0.4 is 5.73 Å². The Bertz CT molecular complexity index is 497. The van der Waals surface area contributed by atoms with Gasteiger partial charge in [-0.15, -0.1) is 0 Å². The number of hydrogen-bond donors (Lipinski definition) is 1. The number of carbonyl (C=O) groups excluding carboxylic acids is 1. The summed E-state index contributed by atoms with van der Waals surface area (Å²) < 4.78 is 55.2. The first-order chi connectivity index (χ1) is 8.24. The molecular formula is C10H8F4N2O2. The molecule has 8 heteroatoms. The number of carbonyl (C=O) groups is 1. The van der Waals surface area contributed by atoms with Gasteiger partial charge in [-0.1, -0.05) is 0 Å². The predicted octanol–water partition coefficient (Wildman–Crippen LogP) is 2.32. The maximum atomic E-state index is 13.0. The summed E-state index contributed by atoms with van der Waals surface area (Å²) in [5, 5.41) is 0. The van der Waals surface area contributed by atoms with E-state index in [2.05, 4.69) is 4.98 Å². The predicted molar refractivity (Wildman–Crippen MR) is 50.8 cm³/mol. The van der Waals surface area contributed by atoms with E-state index >= 15 is 0 Å². The van der Waals surface area contributed by atoms with Gasteiger partial charge in [-0.3, -0.25) is 4.98 Å². The molecule has 2 N–H and O–H groups in total. The number of halogens is 4. The Morgan fingerprint density at radius 2 is 2.06 bits per heavy atom. The average Bonchev–Trinajstić information content (AvgIpc) is 2.96. The van der Waals surface area contributed by atoms with Crippen LogP contribution in [0.25, 0.3) is 0 Å². The Kier molecular flexibility index (Phi) is 2.67. The van der Waals surface area contributed by atoms with Crippen LogP contribution in [-0.4, -0.2) is 11.1 Å². The van der Waals surface area contributed by atoms with Crippen molar-refractivity contribution in [3.63, 3.8) is 0 Å². The zero-order valence-electron chi connectivity index (χ0n) is 8.92. The lowest BCUT2D eigenvalue weighted by molar-refractivity contribution is -0.140. The molecule has 0 bridgehead atoms. The summed E-state index contributed by atoms with van der Waals surface area (Å²) in [5.74, 6) is -1.47. The summed E-state index contributed by atoms with van der Waals surface area (Å²) in [6.07, 6.45) is -4.85. The summed E-state index contributed by atoms with van der Waals surface area (Å²) in [6, 6.07) is 0.547. The molecule has 0 aliphatic heterocycles. The number of hydrogen-bond acceptors (Lipinski definition) is 3. The second-order valence-corrected chi connectivity index (χ2v) is 3.96. The van der Waals surface area contributed by atoms with E-state index in [0.717, 1.165) is 0 Å². The lowest BCUT2D eigenvalue weighted by Crippen LogP contribution is -2.24. The van der Waals surface area contributed by atoms with E-state index in [1.165, 1.54) is 0 Å². The lowest BCUT2D eigenvalue weighted by Gasteiger charge is -2.16. The topological polar surface area (TPSA) is 65.2 Å². The van der Waals surface area contributed by atoms with Crippen molar-refractivity contribution in [3.05, 3.63) is 29.3 Å². The van der Waals surface area contributed by atoms with Crippen molar-refractivity contribution in [2.24, 2.45) is 5.73 Å². The molecule has 4 nitrogen and oxygen atoms in total. The molecule has 2 rings (SSSR count). The number of alkyl halides is 3. The fourth-order valence-corrected chi connectivity index (χ4v) is 1.62. The minimum Gasteiger partial charge on any atom is -0.437 e. The molecule has 98 valence electrons. The standard InChI is InChI=1S/C10H8F4N2O2/c11-6-4-16-7(3-5(6)10(12,13)14)9(1-2-9)18-8(15)17/h3-4H,1-2H2,(H2,15,17). The second-order valence-electron chi connectivity index (χ2n) is 3.96. The minimum atomic E-state index is -4.83. The summed E-state index contributed by atoms with van der Waals surface area (Å²) in [4.78, 5) is 14.2. The van der Waals surface area contributed by atoms with Crippen LogP contribution >= 0.6 is 0 Å². The number of aromatic nitrogens is 1. The highest BCUT2D eigenvalue weighted by atomic mass is 19.4. The molecule has 1 aliphatic carbocycles. The minimum absolute atomic E-state index is 0.143. The number of primary amides is 1. The Labute approximate surface area is 98.7 Å². The van der Waals surface area contributed by atoms with Crippen molar-refractivity contribution in [2.45, 2.75) is 24.6 Å². The third-order valence-electron chi connectivity index (χ3n) is 2.63. The first-order valence-electron chi connectivity index (χ1n) is 4.96. The third-order valence-corrected chi connectivity index (χ3v) is 2.63. The third kappa shape index (κ3) is 2.22. The van der Waals surface area contributed by atoms with Gasteiger partial charge in [0.05, 0.1) is 17.5 Å². The van der Waals surface area contributed by atoms with Crippen molar-refractivity contribution in [3.8, 4) is 0 Å². The Morgan fingerprint density at radius 3 is 2.50 bits per heavy atom. The van der Waals surface area contributed by atoms with Gasteiger partial charge in [-0.25, -0.2) is 9.18 Å². The average molecular weight is 264 g/mol. The van der Waals surface area contributed by atoms with E-state index in [-0.39, 0.29) is 5.69 Å². The monoisotopic (exact) mass is 264 g/mol. The van der Waals surface area contributed by atoms with Gasteiger partial charge >= 0.3 is 12.3 Å². The summed E-state index contributed by atoms with van der Waals surface area (Å²) >= 11 is 0. The number of pyridine rings is 1. The van der Waals surface area contributed by atoms with Gasteiger partial charge in [0.15, 0.2) is 11.4 Å². The Hall–Kier alpha value is -1.86. The van der Waals surface area contributed by atoms with E-state index < -0.39 is 29.3 Å². The van der Waals surface area contributed by atoms with Gasteiger partial charge < -0.3 is 10.5 Å². The highest BCUT2D eigenvalue weighted by Gasteiger charge is 2.51. The summed E-state index contributed by atoms with van der Waals surface area (Å²) in [7, 11) is 0. The Morgan fingerprint density at radius 1 is 1.44 bits per heavy atom. The maximum absolute atomic E-state index is 13.0. The van der Waals surface area contributed by atoms with Gasteiger partial charge in [0.2, 0.25) is 0 Å². The molecule has 1 amide bonds. The van der Waals surface area contributed by atoms with Crippen LogP contribution in [0, 0.1) is 5.82 Å². The van der Waals surface area contributed by atoms with Crippen LogP contribution in [0.2, 0.25) is 0 Å². The van der Waals surface area contributed by atoms with Gasteiger partial charge in [0.1, 0.15) is 0 Å². The van der Waals surface area contributed by atoms with Crippen LogP contribution in [0.3, 0.4) is 0 Å². The number of ether oxygens (including phenoxy) is 1. The van der Waals surface area contributed by atoms with Gasteiger partial charge in [-0.05, 0) is 18.9 Å². The molecule has 1 fully saturated rings. The maximum Gasteiger partial charge on any atom is 0.419 e. The molecule has 1 aromatic rings. The van der Waals surface area contributed by atoms with Crippen molar-refractivity contribution in [2.75, 3.05) is 0 Å². The fraction of sp³-hybridized carbons (Fsp3) is 0.400. The highest BCUT2D eigenvalue weighted by molar-refractivity contribution is 5.66. The molecule has 1 saturated carbocycles. The fourth-order valence-electron chi connectivity index (χ4n) is 1.62. The molecule has 0 aromatic carbocycles. The molecule has 0 spiro atoms. The zero-order valence-corrected chi connectivity index (χ0v) is 8.92. The SMILES string of the molecule is NC(=O)OC1(c2cc(C(F)(F)F)c(F)cn2)CC1. The molecule has 0 radical (unpaired) electrons. The van der Waals surface area contributed by atoms with Gasteiger partial charge in [-0.2, -0.15) is 13.2 Å². The van der Waals surface area contributed by atoms with E-state index in [0.29, 0.717) is 25.1 Å². The highest BCUT2D eigenvalue weighted by Crippen LogP contribution is 2.49. The van der Waals surface area contributed by atoms with Crippen molar-refractivity contribution < 1.29 is 27.1 Å². The quantitative estimate of drug-likeness (QED) is 0.833. The number of nitrogens with zero attached hydrogens (tertiary/aromatic N) is 1. The van der Waals surface area contributed by atoms with Crippen LogP contribution in [0.4, 0.5) is 22.4 Å². The molecule has 18 heavy (non-hydrogen) atoms. The van der Waals surface area contributed by atoms with Crippen LogP contribution in [0.5, 0.6) is 0 Å². The van der Waals surface area contributed by atoms with E-state index in [9.17, 15) is 22.4 Å². The lowest BCUT2D eigenvalue weighted by atomic mass is 10.1. The summed E-state index contributed by atoms with van der Waals surface area (Å²) in [5.41, 5.74) is 2.01. The van der Waals surface area contributed by atoms with Crippen molar-refractivity contribution in [1.82, 2.24) is 4.98 Å². The Balaban J connectivity index is 2.39. The first-order valence-corrected chi connectivity index (χ1v) is 4.96. The molecule has 0 atom stereocenters. The number of rotatable bonds is 2. The van der Waals surface area contributed by atoms with E-state index in [1.807, 2.05) is 0 Å².